The number of hydrogen-bond acceptors (Lipinski definition) is 6. The average molecular weight is 295 g/mol. The molecule has 114 valence electrons. The van der Waals surface area contributed by atoms with E-state index >= 15 is 0 Å². The molecule has 0 unspecified atom stereocenters. The summed E-state index contributed by atoms with van der Waals surface area (Å²) < 4.78 is 23.5. The van der Waals surface area contributed by atoms with Crippen LogP contribution in [0.4, 0.5) is 10.1 Å². The second kappa shape index (κ2) is 8.01. The molecule has 0 atom stereocenters. The van der Waals surface area contributed by atoms with Crippen LogP contribution in [0.15, 0.2) is 28.9 Å². The van der Waals surface area contributed by atoms with Gasteiger partial charge < -0.3 is 20.9 Å². The summed E-state index contributed by atoms with van der Waals surface area (Å²) in [7, 11) is 1.37. The second-order valence-electron chi connectivity index (χ2n) is 3.90. The van der Waals surface area contributed by atoms with Crippen LogP contribution >= 0.6 is 0 Å². The van der Waals surface area contributed by atoms with Gasteiger partial charge in [-0.15, -0.1) is 0 Å². The molecule has 0 aliphatic rings. The molecule has 1 aromatic carbocycles. The number of carbonyl (C=O) groups excluding carboxylic acids is 1. The smallest absolute Gasteiger partial charge is 0.354 e. The van der Waals surface area contributed by atoms with Crippen LogP contribution in [0.5, 0.6) is 5.75 Å². The summed E-state index contributed by atoms with van der Waals surface area (Å²) in [6.45, 7) is 1.87. The van der Waals surface area contributed by atoms with Crippen molar-refractivity contribution in [3.8, 4) is 5.75 Å². The standard InChI is InChI=1S/C14H18FN3O3/c1-3-21-14(19)10(17)6-7-18-11-4-5-12(20-2)13(15)9(11)8-16/h4-7H,3,8,16-17H2,1-2H3/b10-6-,18-7?. The third-order valence-corrected chi connectivity index (χ3v) is 2.59. The Balaban J connectivity index is 2.98. The molecule has 0 aliphatic carbocycles. The molecule has 0 amide bonds. The summed E-state index contributed by atoms with van der Waals surface area (Å²) in [6.07, 6.45) is 2.56. The van der Waals surface area contributed by atoms with E-state index in [0.29, 0.717) is 5.69 Å². The molecule has 0 spiro atoms. The molecule has 0 saturated heterocycles. The van der Waals surface area contributed by atoms with Crippen LogP contribution < -0.4 is 16.2 Å². The SMILES string of the molecule is CCOC(=O)/C(N)=C/C=Nc1ccc(OC)c(F)c1CN. The monoisotopic (exact) mass is 295 g/mol. The van der Waals surface area contributed by atoms with E-state index in [1.807, 2.05) is 0 Å². The fourth-order valence-electron chi connectivity index (χ4n) is 1.54. The third kappa shape index (κ3) is 4.28. The van der Waals surface area contributed by atoms with Crippen LogP contribution in [-0.4, -0.2) is 25.9 Å². The number of ether oxygens (including phenoxy) is 2. The lowest BCUT2D eigenvalue weighted by molar-refractivity contribution is -0.138. The van der Waals surface area contributed by atoms with Gasteiger partial charge in [-0.3, -0.25) is 4.99 Å². The van der Waals surface area contributed by atoms with Crippen molar-refractivity contribution in [3.63, 3.8) is 0 Å². The topological polar surface area (TPSA) is 99.9 Å². The number of halogens is 1. The summed E-state index contributed by atoms with van der Waals surface area (Å²) in [5, 5.41) is 0. The average Bonchev–Trinajstić information content (AvgIpc) is 2.47. The summed E-state index contributed by atoms with van der Waals surface area (Å²) in [6, 6.07) is 3.01. The van der Waals surface area contributed by atoms with Gasteiger partial charge in [0.05, 0.1) is 19.4 Å². The van der Waals surface area contributed by atoms with Crippen molar-refractivity contribution in [2.24, 2.45) is 16.5 Å². The van der Waals surface area contributed by atoms with Crippen LogP contribution in [-0.2, 0) is 16.1 Å². The molecule has 0 radical (unpaired) electrons. The molecule has 21 heavy (non-hydrogen) atoms. The van der Waals surface area contributed by atoms with E-state index in [4.69, 9.17) is 20.9 Å². The number of rotatable bonds is 6. The largest absolute Gasteiger partial charge is 0.494 e. The summed E-state index contributed by atoms with van der Waals surface area (Å²) >= 11 is 0. The Labute approximate surface area is 122 Å². The lowest BCUT2D eigenvalue weighted by Gasteiger charge is -2.08. The predicted molar refractivity (Wildman–Crippen MR) is 77.9 cm³/mol. The van der Waals surface area contributed by atoms with Gasteiger partial charge in [-0.2, -0.15) is 0 Å². The van der Waals surface area contributed by atoms with Gasteiger partial charge in [-0.1, -0.05) is 0 Å². The van der Waals surface area contributed by atoms with Crippen LogP contribution in [0.25, 0.3) is 0 Å². The highest BCUT2D eigenvalue weighted by molar-refractivity contribution is 5.93. The zero-order valence-electron chi connectivity index (χ0n) is 11.9. The maximum atomic E-state index is 14.0. The quantitative estimate of drug-likeness (QED) is 0.469. The molecule has 1 rings (SSSR count). The molecule has 1 aromatic rings. The lowest BCUT2D eigenvalue weighted by Crippen LogP contribution is -2.14. The van der Waals surface area contributed by atoms with Gasteiger partial charge in [0.15, 0.2) is 11.6 Å². The highest BCUT2D eigenvalue weighted by atomic mass is 19.1. The number of nitrogens with zero attached hydrogens (tertiary/aromatic N) is 1. The fraction of sp³-hybridized carbons (Fsp3) is 0.286. The van der Waals surface area contributed by atoms with Gasteiger partial charge in [0.25, 0.3) is 0 Å². The minimum Gasteiger partial charge on any atom is -0.494 e. The minimum atomic E-state index is -0.635. The van der Waals surface area contributed by atoms with Crippen LogP contribution in [0.2, 0.25) is 0 Å². The number of hydrogen-bond donors (Lipinski definition) is 2. The van der Waals surface area contributed by atoms with Crippen molar-refractivity contribution in [2.75, 3.05) is 13.7 Å². The van der Waals surface area contributed by atoms with Crippen molar-refractivity contribution in [3.05, 3.63) is 35.3 Å². The van der Waals surface area contributed by atoms with Crippen molar-refractivity contribution in [1.29, 1.82) is 0 Å². The number of methoxy groups -OCH3 is 1. The number of esters is 1. The molecule has 0 fully saturated rings. The van der Waals surface area contributed by atoms with E-state index in [9.17, 15) is 9.18 Å². The zero-order valence-corrected chi connectivity index (χ0v) is 11.9. The Kier molecular flexibility index (Phi) is 6.35. The van der Waals surface area contributed by atoms with Gasteiger partial charge in [0, 0.05) is 18.3 Å². The van der Waals surface area contributed by atoms with E-state index in [-0.39, 0.29) is 30.2 Å². The highest BCUT2D eigenvalue weighted by Crippen LogP contribution is 2.28. The van der Waals surface area contributed by atoms with E-state index in [1.54, 1.807) is 13.0 Å². The first-order chi connectivity index (χ1) is 10.0. The Hall–Kier alpha value is -2.41. The highest BCUT2D eigenvalue weighted by Gasteiger charge is 2.12. The van der Waals surface area contributed by atoms with Gasteiger partial charge in [-0.25, -0.2) is 9.18 Å². The number of aliphatic imine (C=N–C) groups is 1. The molecule has 4 N–H and O–H groups in total. The molecule has 0 bridgehead atoms. The van der Waals surface area contributed by atoms with Crippen molar-refractivity contribution in [1.82, 2.24) is 0 Å². The van der Waals surface area contributed by atoms with E-state index in [0.717, 1.165) is 0 Å². The Morgan fingerprint density at radius 2 is 2.19 bits per heavy atom. The first kappa shape index (κ1) is 16.6. The van der Waals surface area contributed by atoms with Gasteiger partial charge >= 0.3 is 5.97 Å². The van der Waals surface area contributed by atoms with Crippen LogP contribution in [0.3, 0.4) is 0 Å². The maximum absolute atomic E-state index is 14.0. The molecule has 7 heteroatoms. The number of nitrogens with two attached hydrogens (primary N) is 2. The molecular weight excluding hydrogens is 277 g/mol. The predicted octanol–water partition coefficient (Wildman–Crippen LogP) is 1.40. The first-order valence-electron chi connectivity index (χ1n) is 6.27. The summed E-state index contributed by atoms with van der Waals surface area (Å²) in [5.74, 6) is -1.10. The Morgan fingerprint density at radius 1 is 1.48 bits per heavy atom. The van der Waals surface area contributed by atoms with Gasteiger partial charge in [0.1, 0.15) is 5.70 Å². The van der Waals surface area contributed by atoms with E-state index < -0.39 is 11.8 Å². The van der Waals surface area contributed by atoms with Gasteiger partial charge in [0.2, 0.25) is 0 Å². The maximum Gasteiger partial charge on any atom is 0.354 e. The van der Waals surface area contributed by atoms with Gasteiger partial charge in [-0.05, 0) is 25.1 Å². The van der Waals surface area contributed by atoms with Crippen molar-refractivity contribution >= 4 is 17.9 Å². The first-order valence-corrected chi connectivity index (χ1v) is 6.27. The zero-order chi connectivity index (χ0) is 15.8. The van der Waals surface area contributed by atoms with E-state index in [1.165, 1.54) is 25.5 Å². The Bertz CT molecular complexity index is 571. The molecule has 0 heterocycles. The normalized spacial score (nSPS) is 11.7. The van der Waals surface area contributed by atoms with Crippen LogP contribution in [0.1, 0.15) is 12.5 Å². The van der Waals surface area contributed by atoms with Crippen molar-refractivity contribution < 1.29 is 18.7 Å². The lowest BCUT2D eigenvalue weighted by atomic mass is 10.1. The Morgan fingerprint density at radius 3 is 2.76 bits per heavy atom. The molecular formula is C14H18FN3O3. The minimum absolute atomic E-state index is 0.0349. The molecule has 0 saturated carbocycles. The molecule has 0 aromatic heterocycles. The molecule has 0 aliphatic heterocycles. The third-order valence-electron chi connectivity index (χ3n) is 2.59. The van der Waals surface area contributed by atoms with Crippen molar-refractivity contribution in [2.45, 2.75) is 13.5 Å². The van der Waals surface area contributed by atoms with E-state index in [2.05, 4.69) is 4.99 Å². The fourth-order valence-corrected chi connectivity index (χ4v) is 1.54. The van der Waals surface area contributed by atoms with Crippen LogP contribution in [0, 0.1) is 5.82 Å². The number of allylic oxidation sites excluding steroid dienone is 1. The second-order valence-corrected chi connectivity index (χ2v) is 3.90. The summed E-state index contributed by atoms with van der Waals surface area (Å²) in [5.41, 5.74) is 11.5. The number of benzene rings is 1. The summed E-state index contributed by atoms with van der Waals surface area (Å²) in [4.78, 5) is 15.3. The number of carbonyl (C=O) groups is 1. The molecule has 6 nitrogen and oxygen atoms in total.